The summed E-state index contributed by atoms with van der Waals surface area (Å²) in [6.45, 7) is 0.593. The molecule has 1 saturated heterocycles. The van der Waals surface area contributed by atoms with Gasteiger partial charge in [0.2, 0.25) is 11.8 Å². The van der Waals surface area contributed by atoms with Gasteiger partial charge in [-0.25, -0.2) is 0 Å². The van der Waals surface area contributed by atoms with E-state index in [4.69, 9.17) is 10.5 Å². The van der Waals surface area contributed by atoms with Crippen molar-refractivity contribution < 1.29 is 14.3 Å². The lowest BCUT2D eigenvalue weighted by atomic mass is 10.0. The summed E-state index contributed by atoms with van der Waals surface area (Å²) in [6.07, 6.45) is 1.51. The minimum atomic E-state index is -0.706. The molecule has 2 amide bonds. The highest BCUT2D eigenvalue weighted by Gasteiger charge is 2.27. The number of rotatable bonds is 5. The standard InChI is InChI=1S/C14H17IN2O3/c15-10-5-2-1-4-9(10)8-11(13(16)18)17-14(19)12-6-3-7-20-12/h1-2,4-5,11-12H,3,6-8H2,(H2,16,18)(H,17,19)/t11-,12-/m1/s1. The Balaban J connectivity index is 2.02. The highest BCUT2D eigenvalue weighted by molar-refractivity contribution is 14.1. The lowest BCUT2D eigenvalue weighted by Gasteiger charge is -2.18. The van der Waals surface area contributed by atoms with E-state index in [-0.39, 0.29) is 5.91 Å². The minimum Gasteiger partial charge on any atom is -0.368 e. The van der Waals surface area contributed by atoms with Crippen LogP contribution in [-0.2, 0) is 20.7 Å². The Kier molecular flexibility index (Phi) is 5.36. The van der Waals surface area contributed by atoms with Crippen LogP contribution in [-0.4, -0.2) is 30.6 Å². The number of benzene rings is 1. The lowest BCUT2D eigenvalue weighted by Crippen LogP contribution is -2.49. The van der Waals surface area contributed by atoms with E-state index in [1.54, 1.807) is 0 Å². The number of nitrogens with one attached hydrogen (secondary N) is 1. The molecule has 1 aromatic carbocycles. The van der Waals surface area contributed by atoms with Crippen LogP contribution in [0.1, 0.15) is 18.4 Å². The van der Waals surface area contributed by atoms with Gasteiger partial charge in [-0.1, -0.05) is 18.2 Å². The predicted molar refractivity (Wildman–Crippen MR) is 83.0 cm³/mol. The topological polar surface area (TPSA) is 81.4 Å². The summed E-state index contributed by atoms with van der Waals surface area (Å²) in [5.41, 5.74) is 6.37. The number of ether oxygens (including phenoxy) is 1. The maximum absolute atomic E-state index is 12.0. The van der Waals surface area contributed by atoms with E-state index in [1.165, 1.54) is 0 Å². The number of carbonyl (C=O) groups is 2. The van der Waals surface area contributed by atoms with Crippen LogP contribution in [0, 0.1) is 3.57 Å². The van der Waals surface area contributed by atoms with E-state index >= 15 is 0 Å². The monoisotopic (exact) mass is 388 g/mol. The van der Waals surface area contributed by atoms with E-state index < -0.39 is 18.1 Å². The fourth-order valence-electron chi connectivity index (χ4n) is 2.16. The lowest BCUT2D eigenvalue weighted by molar-refractivity contribution is -0.133. The van der Waals surface area contributed by atoms with Gasteiger partial charge in [-0.15, -0.1) is 0 Å². The number of hydrogen-bond donors (Lipinski definition) is 2. The summed E-state index contributed by atoms with van der Waals surface area (Å²) in [4.78, 5) is 23.5. The second-order valence-electron chi connectivity index (χ2n) is 4.76. The van der Waals surface area contributed by atoms with Crippen LogP contribution in [0.4, 0.5) is 0 Å². The first-order valence-corrected chi connectivity index (χ1v) is 7.60. The third kappa shape index (κ3) is 3.92. The average molecular weight is 388 g/mol. The van der Waals surface area contributed by atoms with Crippen molar-refractivity contribution in [2.75, 3.05) is 6.61 Å². The Morgan fingerprint density at radius 2 is 2.20 bits per heavy atom. The molecule has 0 spiro atoms. The Labute approximate surface area is 131 Å². The van der Waals surface area contributed by atoms with E-state index in [9.17, 15) is 9.59 Å². The highest BCUT2D eigenvalue weighted by Crippen LogP contribution is 2.15. The van der Waals surface area contributed by atoms with Crippen LogP contribution in [0.25, 0.3) is 0 Å². The summed E-state index contributed by atoms with van der Waals surface area (Å²) >= 11 is 2.20. The van der Waals surface area contributed by atoms with Gasteiger partial charge < -0.3 is 15.8 Å². The SMILES string of the molecule is NC(=O)[C@@H](Cc1ccccc1I)NC(=O)[C@H]1CCCO1. The molecule has 0 saturated carbocycles. The molecule has 1 aromatic rings. The first-order valence-electron chi connectivity index (χ1n) is 6.52. The Bertz CT molecular complexity index is 501. The van der Waals surface area contributed by atoms with Crippen LogP contribution >= 0.6 is 22.6 Å². The molecular weight excluding hydrogens is 371 g/mol. The van der Waals surface area contributed by atoms with E-state index in [1.807, 2.05) is 24.3 Å². The van der Waals surface area contributed by atoms with Gasteiger partial charge in [-0.2, -0.15) is 0 Å². The molecule has 0 aliphatic carbocycles. The molecule has 2 rings (SSSR count). The summed E-state index contributed by atoms with van der Waals surface area (Å²) in [6, 6.07) is 7.00. The Hall–Kier alpha value is -1.15. The van der Waals surface area contributed by atoms with Crippen molar-refractivity contribution in [2.24, 2.45) is 5.73 Å². The summed E-state index contributed by atoms with van der Waals surface area (Å²) in [7, 11) is 0. The molecule has 0 radical (unpaired) electrons. The molecule has 0 bridgehead atoms. The molecule has 1 fully saturated rings. The van der Waals surface area contributed by atoms with Gasteiger partial charge >= 0.3 is 0 Å². The van der Waals surface area contributed by atoms with Crippen molar-refractivity contribution in [3.8, 4) is 0 Å². The smallest absolute Gasteiger partial charge is 0.249 e. The molecule has 5 nitrogen and oxygen atoms in total. The zero-order valence-corrected chi connectivity index (χ0v) is 13.1. The molecule has 0 aromatic heterocycles. The molecule has 1 aliphatic rings. The number of hydrogen-bond acceptors (Lipinski definition) is 3. The number of carbonyl (C=O) groups excluding carboxylic acids is 2. The van der Waals surface area contributed by atoms with Crippen LogP contribution < -0.4 is 11.1 Å². The van der Waals surface area contributed by atoms with Gasteiger partial charge in [-0.3, -0.25) is 9.59 Å². The van der Waals surface area contributed by atoms with Gasteiger partial charge in [0, 0.05) is 16.6 Å². The summed E-state index contributed by atoms with van der Waals surface area (Å²) < 4.78 is 6.35. The van der Waals surface area contributed by atoms with Crippen molar-refractivity contribution in [3.63, 3.8) is 0 Å². The number of primary amides is 1. The second kappa shape index (κ2) is 7.03. The zero-order chi connectivity index (χ0) is 14.5. The molecule has 3 N–H and O–H groups in total. The van der Waals surface area contributed by atoms with Crippen LogP contribution in [0.15, 0.2) is 24.3 Å². The number of amides is 2. The molecule has 20 heavy (non-hydrogen) atoms. The maximum atomic E-state index is 12.0. The number of nitrogens with two attached hydrogens (primary N) is 1. The fourth-order valence-corrected chi connectivity index (χ4v) is 2.76. The molecule has 108 valence electrons. The summed E-state index contributed by atoms with van der Waals surface area (Å²) in [5.74, 6) is -0.784. The van der Waals surface area contributed by atoms with Crippen molar-refractivity contribution in [1.82, 2.24) is 5.32 Å². The molecular formula is C14H17IN2O3. The molecule has 1 aliphatic heterocycles. The normalized spacial score (nSPS) is 19.6. The van der Waals surface area contributed by atoms with E-state index in [2.05, 4.69) is 27.9 Å². The highest BCUT2D eigenvalue weighted by atomic mass is 127. The van der Waals surface area contributed by atoms with Gasteiger partial charge in [0.1, 0.15) is 12.1 Å². The summed E-state index contributed by atoms with van der Waals surface area (Å²) in [5, 5.41) is 2.69. The Morgan fingerprint density at radius 3 is 2.80 bits per heavy atom. The first-order chi connectivity index (χ1) is 9.58. The van der Waals surface area contributed by atoms with E-state index in [0.717, 1.165) is 15.6 Å². The molecule has 2 atom stereocenters. The average Bonchev–Trinajstić information content (AvgIpc) is 2.94. The van der Waals surface area contributed by atoms with Gasteiger partial charge in [0.25, 0.3) is 0 Å². The van der Waals surface area contributed by atoms with Crippen LogP contribution in [0.3, 0.4) is 0 Å². The molecule has 6 heteroatoms. The van der Waals surface area contributed by atoms with Crippen molar-refractivity contribution >= 4 is 34.4 Å². The number of halogens is 1. The van der Waals surface area contributed by atoms with Crippen LogP contribution in [0.2, 0.25) is 0 Å². The van der Waals surface area contributed by atoms with Gasteiger partial charge in [0.05, 0.1) is 0 Å². The van der Waals surface area contributed by atoms with Gasteiger partial charge in [0.15, 0.2) is 0 Å². The third-order valence-electron chi connectivity index (χ3n) is 3.26. The van der Waals surface area contributed by atoms with Crippen molar-refractivity contribution in [1.29, 1.82) is 0 Å². The molecule has 0 unspecified atom stereocenters. The van der Waals surface area contributed by atoms with Crippen molar-refractivity contribution in [3.05, 3.63) is 33.4 Å². The van der Waals surface area contributed by atoms with E-state index in [0.29, 0.717) is 19.4 Å². The minimum absolute atomic E-state index is 0.253. The predicted octanol–water partition coefficient (Wildman–Crippen LogP) is 0.983. The quantitative estimate of drug-likeness (QED) is 0.739. The Morgan fingerprint density at radius 1 is 1.45 bits per heavy atom. The third-order valence-corrected chi connectivity index (χ3v) is 4.32. The maximum Gasteiger partial charge on any atom is 0.249 e. The fraction of sp³-hybridized carbons (Fsp3) is 0.429. The first kappa shape index (κ1) is 15.2. The van der Waals surface area contributed by atoms with Crippen LogP contribution in [0.5, 0.6) is 0 Å². The largest absolute Gasteiger partial charge is 0.368 e. The molecule has 1 heterocycles. The van der Waals surface area contributed by atoms with Gasteiger partial charge in [-0.05, 0) is 47.1 Å². The second-order valence-corrected chi connectivity index (χ2v) is 5.92. The zero-order valence-electron chi connectivity index (χ0n) is 11.0. The van der Waals surface area contributed by atoms with Crippen molar-refractivity contribution in [2.45, 2.75) is 31.4 Å².